The Balaban J connectivity index is 1.84. The monoisotopic (exact) mass is 332 g/mol. The molecule has 0 aromatic heterocycles. The van der Waals surface area contributed by atoms with Crippen molar-refractivity contribution in [2.24, 2.45) is 5.92 Å². The van der Waals surface area contributed by atoms with Crippen molar-refractivity contribution in [3.05, 3.63) is 35.9 Å². The molecule has 4 heteroatoms. The van der Waals surface area contributed by atoms with Gasteiger partial charge in [0.25, 0.3) is 0 Å². The fourth-order valence-corrected chi connectivity index (χ4v) is 3.39. The van der Waals surface area contributed by atoms with Crippen molar-refractivity contribution in [1.82, 2.24) is 10.6 Å². The van der Waals surface area contributed by atoms with E-state index in [1.807, 2.05) is 20.8 Å². The van der Waals surface area contributed by atoms with Crippen LogP contribution in [0.15, 0.2) is 30.3 Å². The summed E-state index contributed by atoms with van der Waals surface area (Å²) in [6, 6.07) is 11.0. The van der Waals surface area contributed by atoms with Gasteiger partial charge in [-0.2, -0.15) is 0 Å². The predicted molar refractivity (Wildman–Crippen MR) is 98.0 cm³/mol. The molecule has 0 heterocycles. The van der Waals surface area contributed by atoms with Crippen molar-refractivity contribution in [2.75, 3.05) is 13.1 Å². The highest BCUT2D eigenvalue weighted by atomic mass is 16.6. The Labute approximate surface area is 146 Å². The summed E-state index contributed by atoms with van der Waals surface area (Å²) >= 11 is 0. The highest BCUT2D eigenvalue weighted by molar-refractivity contribution is 5.67. The quantitative estimate of drug-likeness (QED) is 0.758. The van der Waals surface area contributed by atoms with Crippen molar-refractivity contribution >= 4 is 6.09 Å². The first-order chi connectivity index (χ1) is 11.5. The molecule has 1 atom stereocenters. The third-order valence-corrected chi connectivity index (χ3v) is 4.44. The lowest BCUT2D eigenvalue weighted by molar-refractivity contribution is 0.0527. The second kappa shape index (κ2) is 9.07. The third kappa shape index (κ3) is 6.52. The van der Waals surface area contributed by atoms with Crippen LogP contribution in [-0.2, 0) is 4.74 Å². The molecule has 0 radical (unpaired) electrons. The van der Waals surface area contributed by atoms with E-state index in [9.17, 15) is 4.79 Å². The molecule has 1 aromatic rings. The van der Waals surface area contributed by atoms with E-state index in [2.05, 4.69) is 41.0 Å². The van der Waals surface area contributed by atoms with Crippen LogP contribution in [0.2, 0.25) is 0 Å². The molecular weight excluding hydrogens is 300 g/mol. The summed E-state index contributed by atoms with van der Waals surface area (Å²) in [7, 11) is 0. The minimum absolute atomic E-state index is 0.349. The van der Waals surface area contributed by atoms with Gasteiger partial charge in [0, 0.05) is 19.1 Å². The van der Waals surface area contributed by atoms with Crippen LogP contribution in [0.25, 0.3) is 0 Å². The molecule has 4 nitrogen and oxygen atoms in total. The second-order valence-corrected chi connectivity index (χ2v) is 7.67. The van der Waals surface area contributed by atoms with Crippen LogP contribution in [0.4, 0.5) is 4.79 Å². The predicted octanol–water partition coefficient (Wildman–Crippen LogP) is 4.42. The van der Waals surface area contributed by atoms with Gasteiger partial charge in [0.15, 0.2) is 0 Å². The van der Waals surface area contributed by atoms with E-state index in [0.29, 0.717) is 18.5 Å². The molecule has 1 fully saturated rings. The van der Waals surface area contributed by atoms with Gasteiger partial charge >= 0.3 is 6.09 Å². The summed E-state index contributed by atoms with van der Waals surface area (Å²) in [5, 5.41) is 6.48. The molecule has 134 valence electrons. The Hall–Kier alpha value is -1.55. The van der Waals surface area contributed by atoms with E-state index < -0.39 is 5.60 Å². The molecule has 1 aliphatic rings. The molecule has 1 saturated carbocycles. The van der Waals surface area contributed by atoms with E-state index in [1.54, 1.807) is 0 Å². The van der Waals surface area contributed by atoms with Crippen LogP contribution >= 0.6 is 0 Å². The molecule has 2 rings (SSSR count). The zero-order valence-electron chi connectivity index (χ0n) is 15.3. The number of carbonyl (C=O) groups is 1. The van der Waals surface area contributed by atoms with Crippen molar-refractivity contribution in [3.63, 3.8) is 0 Å². The minimum Gasteiger partial charge on any atom is -0.444 e. The number of hydrogen-bond acceptors (Lipinski definition) is 3. The lowest BCUT2D eigenvalue weighted by Gasteiger charge is -2.31. The topological polar surface area (TPSA) is 50.4 Å². The third-order valence-electron chi connectivity index (χ3n) is 4.44. The van der Waals surface area contributed by atoms with E-state index >= 15 is 0 Å². The van der Waals surface area contributed by atoms with E-state index in [1.165, 1.54) is 37.7 Å². The lowest BCUT2D eigenvalue weighted by Crippen LogP contribution is -2.38. The van der Waals surface area contributed by atoms with Crippen LogP contribution in [0.1, 0.15) is 64.5 Å². The van der Waals surface area contributed by atoms with Gasteiger partial charge in [0.05, 0.1) is 0 Å². The first-order valence-corrected chi connectivity index (χ1v) is 9.21. The zero-order valence-corrected chi connectivity index (χ0v) is 15.3. The van der Waals surface area contributed by atoms with Crippen molar-refractivity contribution in [3.8, 4) is 0 Å². The molecule has 1 aliphatic carbocycles. The minimum atomic E-state index is -0.452. The normalized spacial score (nSPS) is 17.3. The Morgan fingerprint density at radius 3 is 2.42 bits per heavy atom. The Morgan fingerprint density at radius 1 is 1.12 bits per heavy atom. The molecular formula is C20H32N2O2. The number of ether oxygens (including phenoxy) is 1. The van der Waals surface area contributed by atoms with E-state index in [-0.39, 0.29) is 6.09 Å². The van der Waals surface area contributed by atoms with E-state index in [4.69, 9.17) is 4.74 Å². The Morgan fingerprint density at radius 2 is 1.79 bits per heavy atom. The Kier molecular flexibility index (Phi) is 7.10. The van der Waals surface area contributed by atoms with Gasteiger partial charge in [-0.05, 0) is 45.1 Å². The smallest absolute Gasteiger partial charge is 0.407 e. The number of carbonyl (C=O) groups excluding carboxylic acids is 1. The average molecular weight is 332 g/mol. The van der Waals surface area contributed by atoms with Gasteiger partial charge in [-0.3, -0.25) is 0 Å². The summed E-state index contributed by atoms with van der Waals surface area (Å²) in [4.78, 5) is 11.7. The van der Waals surface area contributed by atoms with Crippen molar-refractivity contribution in [1.29, 1.82) is 0 Å². The number of hydrogen-bond donors (Lipinski definition) is 2. The zero-order chi connectivity index (χ0) is 17.4. The van der Waals surface area contributed by atoms with Gasteiger partial charge < -0.3 is 15.4 Å². The standard InChI is InChI=1S/C20H32N2O2/c1-20(2,3)24-19(23)22-15-14-21-18(16-10-6-4-7-11-16)17-12-8-5-9-13-17/h4,6-7,10-11,17-18,21H,5,8-9,12-15H2,1-3H3,(H,22,23). The Bertz CT molecular complexity index is 490. The van der Waals surface area contributed by atoms with Gasteiger partial charge in [0.2, 0.25) is 0 Å². The van der Waals surface area contributed by atoms with E-state index in [0.717, 1.165) is 6.54 Å². The molecule has 24 heavy (non-hydrogen) atoms. The molecule has 2 N–H and O–H groups in total. The molecule has 0 aliphatic heterocycles. The number of nitrogens with one attached hydrogen (secondary N) is 2. The summed E-state index contributed by atoms with van der Waals surface area (Å²) in [5.74, 6) is 0.683. The van der Waals surface area contributed by atoms with Gasteiger partial charge in [0.1, 0.15) is 5.60 Å². The van der Waals surface area contributed by atoms with Crippen molar-refractivity contribution < 1.29 is 9.53 Å². The van der Waals surface area contributed by atoms with Crippen LogP contribution in [0, 0.1) is 5.92 Å². The highest BCUT2D eigenvalue weighted by Gasteiger charge is 2.24. The fourth-order valence-electron chi connectivity index (χ4n) is 3.39. The molecule has 1 aromatic carbocycles. The number of amides is 1. The number of rotatable bonds is 6. The molecule has 1 amide bonds. The summed E-state index contributed by atoms with van der Waals surface area (Å²) in [6.07, 6.45) is 6.23. The highest BCUT2D eigenvalue weighted by Crippen LogP contribution is 2.34. The van der Waals surface area contributed by atoms with Crippen LogP contribution in [0.5, 0.6) is 0 Å². The first kappa shape index (κ1) is 18.8. The lowest BCUT2D eigenvalue weighted by atomic mass is 9.81. The fraction of sp³-hybridized carbons (Fsp3) is 0.650. The summed E-state index contributed by atoms with van der Waals surface area (Å²) in [5.41, 5.74) is 0.897. The van der Waals surface area contributed by atoms with Gasteiger partial charge in [-0.1, -0.05) is 49.6 Å². The largest absolute Gasteiger partial charge is 0.444 e. The first-order valence-electron chi connectivity index (χ1n) is 9.21. The maximum Gasteiger partial charge on any atom is 0.407 e. The maximum absolute atomic E-state index is 11.7. The number of alkyl carbamates (subject to hydrolysis) is 1. The van der Waals surface area contributed by atoms with Crippen molar-refractivity contribution in [2.45, 2.75) is 64.5 Å². The number of benzene rings is 1. The van der Waals surface area contributed by atoms with Crippen LogP contribution in [0.3, 0.4) is 0 Å². The SMILES string of the molecule is CC(C)(C)OC(=O)NCCNC(c1ccccc1)C1CCCCC1. The van der Waals surface area contributed by atoms with Crippen LogP contribution < -0.4 is 10.6 Å². The summed E-state index contributed by atoms with van der Waals surface area (Å²) in [6.45, 7) is 6.94. The molecule has 0 saturated heterocycles. The molecule has 0 spiro atoms. The maximum atomic E-state index is 11.7. The van der Waals surface area contributed by atoms with Crippen LogP contribution in [-0.4, -0.2) is 24.8 Å². The molecule has 1 unspecified atom stereocenters. The van der Waals surface area contributed by atoms with Gasteiger partial charge in [-0.15, -0.1) is 0 Å². The second-order valence-electron chi connectivity index (χ2n) is 7.67. The molecule has 0 bridgehead atoms. The summed E-state index contributed by atoms with van der Waals surface area (Å²) < 4.78 is 5.27. The van der Waals surface area contributed by atoms with Gasteiger partial charge in [-0.25, -0.2) is 4.79 Å². The average Bonchev–Trinajstić information content (AvgIpc) is 2.55.